The largest absolute Gasteiger partial charge is 0.427 e. The highest BCUT2D eigenvalue weighted by molar-refractivity contribution is 5.76. The molecule has 0 spiro atoms. The van der Waals surface area contributed by atoms with Gasteiger partial charge in [-0.25, -0.2) is 0 Å². The summed E-state index contributed by atoms with van der Waals surface area (Å²) in [6.07, 6.45) is -0.876. The van der Waals surface area contributed by atoms with Crippen molar-refractivity contribution in [1.82, 2.24) is 0 Å². The number of esters is 1. The number of carbonyl (C=O) groups excluding carboxylic acids is 2. The van der Waals surface area contributed by atoms with E-state index in [0.29, 0.717) is 0 Å². The standard InChI is InChI=1S/C11H21NO4/c1-7(2)10(15-6-13)16-9(14)8(12)11(3,4)5/h6-8,10H,12H2,1-5H3/t8-,10-/m1/s1. The van der Waals surface area contributed by atoms with E-state index in [1.165, 1.54) is 0 Å². The third-order valence-corrected chi connectivity index (χ3v) is 2.15. The lowest BCUT2D eigenvalue weighted by Gasteiger charge is -2.27. The predicted molar refractivity (Wildman–Crippen MR) is 59.3 cm³/mol. The van der Waals surface area contributed by atoms with Gasteiger partial charge in [-0.05, 0) is 5.41 Å². The molecule has 5 heteroatoms. The van der Waals surface area contributed by atoms with Gasteiger partial charge in [0, 0.05) is 5.92 Å². The number of hydrogen-bond donors (Lipinski definition) is 1. The SMILES string of the molecule is CC(C)[C@H](OC=O)OC(=O)[C@@H](N)C(C)(C)C. The van der Waals surface area contributed by atoms with Gasteiger partial charge in [0.05, 0.1) is 0 Å². The fraction of sp³-hybridized carbons (Fsp3) is 0.818. The Hall–Kier alpha value is -1.10. The van der Waals surface area contributed by atoms with Crippen molar-refractivity contribution in [2.24, 2.45) is 17.1 Å². The third-order valence-electron chi connectivity index (χ3n) is 2.15. The van der Waals surface area contributed by atoms with Crippen molar-refractivity contribution >= 4 is 12.4 Å². The molecule has 0 fully saturated rings. The van der Waals surface area contributed by atoms with Crippen LogP contribution in [0.5, 0.6) is 0 Å². The van der Waals surface area contributed by atoms with Crippen LogP contribution in [0, 0.1) is 11.3 Å². The average molecular weight is 231 g/mol. The van der Waals surface area contributed by atoms with Crippen LogP contribution in [-0.2, 0) is 19.1 Å². The summed E-state index contributed by atoms with van der Waals surface area (Å²) < 4.78 is 9.68. The van der Waals surface area contributed by atoms with Crippen LogP contribution in [0.3, 0.4) is 0 Å². The van der Waals surface area contributed by atoms with E-state index in [0.717, 1.165) is 0 Å². The smallest absolute Gasteiger partial charge is 0.326 e. The minimum atomic E-state index is -0.876. The fourth-order valence-electron chi connectivity index (χ4n) is 0.917. The maximum atomic E-state index is 11.6. The quantitative estimate of drug-likeness (QED) is 0.435. The van der Waals surface area contributed by atoms with Crippen molar-refractivity contribution in [2.75, 3.05) is 0 Å². The number of nitrogens with two attached hydrogens (primary N) is 1. The Morgan fingerprint density at radius 1 is 1.31 bits per heavy atom. The molecule has 0 aromatic heterocycles. The molecule has 2 N–H and O–H groups in total. The number of ether oxygens (including phenoxy) is 2. The molecule has 94 valence electrons. The van der Waals surface area contributed by atoms with E-state index < -0.39 is 18.3 Å². The maximum Gasteiger partial charge on any atom is 0.326 e. The van der Waals surface area contributed by atoms with Crippen molar-refractivity contribution < 1.29 is 19.1 Å². The topological polar surface area (TPSA) is 78.6 Å². The van der Waals surface area contributed by atoms with Crippen LogP contribution in [0.4, 0.5) is 0 Å². The van der Waals surface area contributed by atoms with Crippen molar-refractivity contribution in [3.63, 3.8) is 0 Å². The Kier molecular flexibility index (Phi) is 5.44. The molecule has 0 amide bonds. The summed E-state index contributed by atoms with van der Waals surface area (Å²) in [5.41, 5.74) is 5.33. The first-order valence-electron chi connectivity index (χ1n) is 5.25. The van der Waals surface area contributed by atoms with Gasteiger partial charge in [0.25, 0.3) is 6.47 Å². The molecule has 0 aromatic rings. The van der Waals surface area contributed by atoms with Gasteiger partial charge in [0.2, 0.25) is 6.29 Å². The zero-order valence-electron chi connectivity index (χ0n) is 10.5. The van der Waals surface area contributed by atoms with Crippen LogP contribution in [0.1, 0.15) is 34.6 Å². The zero-order chi connectivity index (χ0) is 12.9. The number of rotatable bonds is 5. The summed E-state index contributed by atoms with van der Waals surface area (Å²) in [5, 5.41) is 0. The van der Waals surface area contributed by atoms with Gasteiger partial charge in [-0.1, -0.05) is 34.6 Å². The van der Waals surface area contributed by atoms with Gasteiger partial charge in [-0.3, -0.25) is 9.59 Å². The van der Waals surface area contributed by atoms with E-state index in [9.17, 15) is 9.59 Å². The first-order chi connectivity index (χ1) is 7.20. The summed E-state index contributed by atoms with van der Waals surface area (Å²) >= 11 is 0. The Morgan fingerprint density at radius 3 is 2.12 bits per heavy atom. The molecule has 0 aliphatic carbocycles. The van der Waals surface area contributed by atoms with Crippen LogP contribution >= 0.6 is 0 Å². The summed E-state index contributed by atoms with van der Waals surface area (Å²) in [7, 11) is 0. The van der Waals surface area contributed by atoms with Gasteiger partial charge in [-0.15, -0.1) is 0 Å². The van der Waals surface area contributed by atoms with Gasteiger partial charge in [0.15, 0.2) is 0 Å². The van der Waals surface area contributed by atoms with E-state index in [4.69, 9.17) is 10.5 Å². The Labute approximate surface area is 96.3 Å². The van der Waals surface area contributed by atoms with Gasteiger partial charge in [0.1, 0.15) is 6.04 Å². The van der Waals surface area contributed by atoms with E-state index in [-0.39, 0.29) is 17.8 Å². The van der Waals surface area contributed by atoms with E-state index in [1.54, 1.807) is 13.8 Å². The number of carbonyl (C=O) groups is 2. The molecule has 0 saturated carbocycles. The van der Waals surface area contributed by atoms with Crippen molar-refractivity contribution in [3.8, 4) is 0 Å². The summed E-state index contributed by atoms with van der Waals surface area (Å²) in [5.74, 6) is -0.672. The monoisotopic (exact) mass is 231 g/mol. The minimum Gasteiger partial charge on any atom is -0.427 e. The van der Waals surface area contributed by atoms with Crippen LogP contribution in [0.25, 0.3) is 0 Å². The molecule has 0 aliphatic heterocycles. The van der Waals surface area contributed by atoms with Crippen LogP contribution in [0.15, 0.2) is 0 Å². The van der Waals surface area contributed by atoms with Crippen LogP contribution in [-0.4, -0.2) is 24.8 Å². The van der Waals surface area contributed by atoms with E-state index >= 15 is 0 Å². The highest BCUT2D eigenvalue weighted by atomic mass is 16.7. The number of hydrogen-bond acceptors (Lipinski definition) is 5. The van der Waals surface area contributed by atoms with E-state index in [1.807, 2.05) is 20.8 Å². The summed E-state index contributed by atoms with van der Waals surface area (Å²) in [6.45, 7) is 9.34. The average Bonchev–Trinajstić information content (AvgIpc) is 2.14. The van der Waals surface area contributed by atoms with Gasteiger partial charge in [-0.2, -0.15) is 0 Å². The normalized spacial score (nSPS) is 15.4. The van der Waals surface area contributed by atoms with Crippen LogP contribution in [0.2, 0.25) is 0 Å². The van der Waals surface area contributed by atoms with Gasteiger partial charge < -0.3 is 15.2 Å². The Balaban J connectivity index is 4.46. The first kappa shape index (κ1) is 14.9. The second kappa shape index (κ2) is 5.84. The predicted octanol–water partition coefficient (Wildman–Crippen LogP) is 1.06. The third kappa shape index (κ3) is 4.61. The fourth-order valence-corrected chi connectivity index (χ4v) is 0.917. The molecular formula is C11H21NO4. The highest BCUT2D eigenvalue weighted by Gasteiger charge is 2.31. The molecular weight excluding hydrogens is 210 g/mol. The lowest BCUT2D eigenvalue weighted by molar-refractivity contribution is -0.190. The van der Waals surface area contributed by atoms with Crippen LogP contribution < -0.4 is 5.73 Å². The molecule has 0 saturated heterocycles. The van der Waals surface area contributed by atoms with Gasteiger partial charge >= 0.3 is 5.97 Å². The van der Waals surface area contributed by atoms with Crippen molar-refractivity contribution in [3.05, 3.63) is 0 Å². The molecule has 0 radical (unpaired) electrons. The summed E-state index contributed by atoms with van der Waals surface area (Å²) in [4.78, 5) is 21.9. The lowest BCUT2D eigenvalue weighted by Crippen LogP contribution is -2.45. The molecule has 0 unspecified atom stereocenters. The molecule has 0 aromatic carbocycles. The van der Waals surface area contributed by atoms with Crippen molar-refractivity contribution in [2.45, 2.75) is 47.0 Å². The zero-order valence-corrected chi connectivity index (χ0v) is 10.5. The lowest BCUT2D eigenvalue weighted by atomic mass is 9.87. The molecule has 0 bridgehead atoms. The maximum absolute atomic E-state index is 11.6. The van der Waals surface area contributed by atoms with Crippen molar-refractivity contribution in [1.29, 1.82) is 0 Å². The second-order valence-corrected chi connectivity index (χ2v) is 5.13. The second-order valence-electron chi connectivity index (χ2n) is 5.13. The molecule has 16 heavy (non-hydrogen) atoms. The molecule has 0 rings (SSSR count). The molecule has 2 atom stereocenters. The highest BCUT2D eigenvalue weighted by Crippen LogP contribution is 2.19. The molecule has 0 aliphatic rings. The molecule has 5 nitrogen and oxygen atoms in total. The Bertz CT molecular complexity index is 245. The molecule has 0 heterocycles. The first-order valence-corrected chi connectivity index (χ1v) is 5.25. The van der Waals surface area contributed by atoms with E-state index in [2.05, 4.69) is 4.74 Å². The Morgan fingerprint density at radius 2 is 1.81 bits per heavy atom. The minimum absolute atomic E-state index is 0.110. The summed E-state index contributed by atoms with van der Waals surface area (Å²) in [6, 6.07) is -0.746.